The Morgan fingerprint density at radius 1 is 1.03 bits per heavy atom. The van der Waals surface area contributed by atoms with E-state index in [0.717, 1.165) is 32.1 Å². The molecule has 11 unspecified atom stereocenters. The van der Waals surface area contributed by atoms with Crippen LogP contribution < -0.4 is 0 Å². The summed E-state index contributed by atoms with van der Waals surface area (Å²) in [5, 5.41) is 21.7. The second kappa shape index (κ2) is 9.55. The fourth-order valence-corrected chi connectivity index (χ4v) is 9.96. The van der Waals surface area contributed by atoms with E-state index in [4.69, 9.17) is 9.47 Å². The van der Waals surface area contributed by atoms with Crippen LogP contribution in [0.15, 0.2) is 0 Å². The summed E-state index contributed by atoms with van der Waals surface area (Å²) in [7, 11) is 0. The molecular formula is C30H48O6. The predicted molar refractivity (Wildman–Crippen MR) is 136 cm³/mol. The average molecular weight is 505 g/mol. The van der Waals surface area contributed by atoms with Gasteiger partial charge in [0.05, 0.1) is 25.2 Å². The van der Waals surface area contributed by atoms with Crippen molar-refractivity contribution < 1.29 is 29.3 Å². The van der Waals surface area contributed by atoms with E-state index in [0.29, 0.717) is 55.0 Å². The molecule has 6 heteroatoms. The standard InChI is InChI=1S/C30H48O6/c1-18(5-8-25(33)36-28(2)13-14-35-26(34)17-28)21-6-7-22-27-23(10-12-30(21,22)4)29(3)11-9-20(31)15-19(29)16-24(27)32/h18-24,27,31-32H,5-17H2,1-4H3. The van der Waals surface area contributed by atoms with E-state index in [1.807, 2.05) is 6.92 Å². The van der Waals surface area contributed by atoms with E-state index in [1.54, 1.807) is 0 Å². The van der Waals surface area contributed by atoms with Crippen LogP contribution in [0.4, 0.5) is 0 Å². The third kappa shape index (κ3) is 4.52. The van der Waals surface area contributed by atoms with Crippen molar-refractivity contribution in [2.45, 2.75) is 123 Å². The summed E-state index contributed by atoms with van der Waals surface area (Å²) in [5.74, 6) is 2.39. The number of hydrogen-bond donors (Lipinski definition) is 2. The number of aliphatic hydroxyl groups excluding tert-OH is 2. The summed E-state index contributed by atoms with van der Waals surface area (Å²) in [6.07, 6.45) is 9.88. The SMILES string of the molecule is CC(CCC(=O)OC1(C)CCOC(=O)C1)C1CCC2C3C(O)CC4CC(O)CCC4(C)C3CCC12C. The highest BCUT2D eigenvalue weighted by Crippen LogP contribution is 2.68. The molecule has 0 aromatic heterocycles. The summed E-state index contributed by atoms with van der Waals surface area (Å²) >= 11 is 0. The van der Waals surface area contributed by atoms with Crippen LogP contribution in [0.2, 0.25) is 0 Å². The van der Waals surface area contributed by atoms with Crippen molar-refractivity contribution in [3.63, 3.8) is 0 Å². The number of fused-ring (bicyclic) bond motifs is 5. The summed E-state index contributed by atoms with van der Waals surface area (Å²) in [6, 6.07) is 0. The summed E-state index contributed by atoms with van der Waals surface area (Å²) < 4.78 is 10.8. The first-order valence-corrected chi connectivity index (χ1v) is 14.7. The Balaban J connectivity index is 1.22. The van der Waals surface area contributed by atoms with E-state index in [-0.39, 0.29) is 41.4 Å². The molecule has 0 spiro atoms. The first kappa shape index (κ1) is 26.5. The van der Waals surface area contributed by atoms with Gasteiger partial charge in [-0.2, -0.15) is 0 Å². The number of carbonyl (C=O) groups is 2. The maximum atomic E-state index is 12.7. The van der Waals surface area contributed by atoms with Crippen LogP contribution in [0.1, 0.15) is 105 Å². The molecule has 0 aromatic rings. The normalized spacial score (nSPS) is 49.3. The molecule has 0 aromatic carbocycles. The van der Waals surface area contributed by atoms with E-state index in [1.165, 1.54) is 25.7 Å². The maximum Gasteiger partial charge on any atom is 0.309 e. The van der Waals surface area contributed by atoms with Crippen LogP contribution in [0.3, 0.4) is 0 Å². The molecule has 204 valence electrons. The molecule has 1 aliphatic heterocycles. The molecule has 11 atom stereocenters. The highest BCUT2D eigenvalue weighted by atomic mass is 16.6. The third-order valence-corrected chi connectivity index (χ3v) is 12.0. The quantitative estimate of drug-likeness (QED) is 0.510. The van der Waals surface area contributed by atoms with Crippen LogP contribution in [0.25, 0.3) is 0 Å². The maximum absolute atomic E-state index is 12.7. The van der Waals surface area contributed by atoms with E-state index >= 15 is 0 Å². The van der Waals surface area contributed by atoms with Crippen LogP contribution in [0.5, 0.6) is 0 Å². The third-order valence-electron chi connectivity index (χ3n) is 12.0. The van der Waals surface area contributed by atoms with Gasteiger partial charge in [-0.25, -0.2) is 0 Å². The lowest BCUT2D eigenvalue weighted by atomic mass is 9.43. The minimum Gasteiger partial charge on any atom is -0.465 e. The van der Waals surface area contributed by atoms with Crippen molar-refractivity contribution in [2.24, 2.45) is 46.3 Å². The molecule has 36 heavy (non-hydrogen) atoms. The zero-order valence-electron chi connectivity index (χ0n) is 22.8. The Morgan fingerprint density at radius 3 is 2.50 bits per heavy atom. The second-order valence-corrected chi connectivity index (χ2v) is 14.0. The Bertz CT molecular complexity index is 858. The Hall–Kier alpha value is -1.14. The molecule has 5 fully saturated rings. The van der Waals surface area contributed by atoms with E-state index < -0.39 is 5.60 Å². The summed E-state index contributed by atoms with van der Waals surface area (Å²) in [6.45, 7) is 9.39. The van der Waals surface area contributed by atoms with Crippen LogP contribution in [-0.4, -0.2) is 46.6 Å². The van der Waals surface area contributed by atoms with Crippen molar-refractivity contribution in [3.05, 3.63) is 0 Å². The monoisotopic (exact) mass is 504 g/mol. The molecule has 1 saturated heterocycles. The molecule has 4 saturated carbocycles. The molecule has 0 bridgehead atoms. The van der Waals surface area contributed by atoms with Crippen LogP contribution in [0, 0.1) is 46.3 Å². The number of cyclic esters (lactones) is 1. The molecule has 0 amide bonds. The van der Waals surface area contributed by atoms with Gasteiger partial charge in [-0.1, -0.05) is 20.8 Å². The lowest BCUT2D eigenvalue weighted by Gasteiger charge is -2.62. The van der Waals surface area contributed by atoms with Crippen molar-refractivity contribution in [1.82, 2.24) is 0 Å². The van der Waals surface area contributed by atoms with Gasteiger partial charge in [0.15, 0.2) is 0 Å². The van der Waals surface area contributed by atoms with Crippen molar-refractivity contribution in [2.75, 3.05) is 6.61 Å². The van der Waals surface area contributed by atoms with Crippen LogP contribution in [-0.2, 0) is 19.1 Å². The zero-order chi connectivity index (χ0) is 25.9. The molecule has 2 N–H and O–H groups in total. The zero-order valence-corrected chi connectivity index (χ0v) is 22.8. The molecule has 5 rings (SSSR count). The number of hydrogen-bond acceptors (Lipinski definition) is 6. The lowest BCUT2D eigenvalue weighted by Crippen LogP contribution is -2.58. The molecule has 1 heterocycles. The van der Waals surface area contributed by atoms with Gasteiger partial charge < -0.3 is 19.7 Å². The molecule has 5 aliphatic rings. The van der Waals surface area contributed by atoms with Gasteiger partial charge in [-0.15, -0.1) is 0 Å². The van der Waals surface area contributed by atoms with E-state index in [2.05, 4.69) is 20.8 Å². The Morgan fingerprint density at radius 2 is 1.75 bits per heavy atom. The highest BCUT2D eigenvalue weighted by molar-refractivity contribution is 5.74. The smallest absolute Gasteiger partial charge is 0.309 e. The van der Waals surface area contributed by atoms with Gasteiger partial charge in [0.2, 0.25) is 0 Å². The second-order valence-electron chi connectivity index (χ2n) is 14.0. The molecule has 0 radical (unpaired) electrons. The fourth-order valence-electron chi connectivity index (χ4n) is 9.96. The van der Waals surface area contributed by atoms with Crippen molar-refractivity contribution in [3.8, 4) is 0 Å². The summed E-state index contributed by atoms with van der Waals surface area (Å²) in [5.41, 5.74) is -0.278. The predicted octanol–water partition coefficient (Wildman–Crippen LogP) is 5.03. The average Bonchev–Trinajstić information content (AvgIpc) is 3.15. The van der Waals surface area contributed by atoms with Gasteiger partial charge >= 0.3 is 11.9 Å². The highest BCUT2D eigenvalue weighted by Gasteiger charge is 2.62. The first-order chi connectivity index (χ1) is 16.9. The Labute approximate surface area is 216 Å². The van der Waals surface area contributed by atoms with Crippen molar-refractivity contribution >= 4 is 11.9 Å². The lowest BCUT2D eigenvalue weighted by molar-refractivity contribution is -0.176. The van der Waals surface area contributed by atoms with E-state index in [9.17, 15) is 19.8 Å². The number of rotatable bonds is 5. The minimum absolute atomic E-state index is 0.139. The fraction of sp³-hybridized carbons (Fsp3) is 0.933. The number of esters is 2. The van der Waals surface area contributed by atoms with Gasteiger partial charge in [0.25, 0.3) is 0 Å². The Kier molecular flexibility index (Phi) is 7.02. The topological polar surface area (TPSA) is 93.1 Å². The van der Waals surface area contributed by atoms with Gasteiger partial charge in [-0.3, -0.25) is 9.59 Å². The number of ether oxygens (including phenoxy) is 2. The van der Waals surface area contributed by atoms with Crippen molar-refractivity contribution in [1.29, 1.82) is 0 Å². The number of carbonyl (C=O) groups excluding carboxylic acids is 2. The van der Waals surface area contributed by atoms with Gasteiger partial charge in [-0.05, 0) is 111 Å². The summed E-state index contributed by atoms with van der Waals surface area (Å²) in [4.78, 5) is 24.4. The van der Waals surface area contributed by atoms with Gasteiger partial charge in [0.1, 0.15) is 5.60 Å². The molecular weight excluding hydrogens is 456 g/mol. The number of aliphatic hydroxyl groups is 2. The first-order valence-electron chi connectivity index (χ1n) is 14.7. The molecule has 6 nitrogen and oxygen atoms in total. The van der Waals surface area contributed by atoms with Gasteiger partial charge in [0, 0.05) is 12.8 Å². The minimum atomic E-state index is -0.737. The molecule has 4 aliphatic carbocycles. The van der Waals surface area contributed by atoms with Crippen LogP contribution >= 0.6 is 0 Å². The largest absolute Gasteiger partial charge is 0.465 e.